The fraction of sp³-hybridized carbons (Fsp3) is 0.174. The second-order valence-corrected chi connectivity index (χ2v) is 8.54. The number of hydrogen-bond donors (Lipinski definition) is 2. The van der Waals surface area contributed by atoms with Crippen LogP contribution in [-0.4, -0.2) is 24.9 Å². The Morgan fingerprint density at radius 3 is 2.35 bits per heavy atom. The fourth-order valence-electron chi connectivity index (χ4n) is 3.09. The maximum atomic E-state index is 13.0. The lowest BCUT2D eigenvalue weighted by Gasteiger charge is -2.11. The molecule has 2 N–H and O–H groups in total. The molecule has 0 unspecified atom stereocenters. The molecule has 1 aromatic heterocycles. The van der Waals surface area contributed by atoms with Crippen LogP contribution in [0.1, 0.15) is 36.7 Å². The first-order valence-corrected chi connectivity index (χ1v) is 10.9. The number of esters is 1. The van der Waals surface area contributed by atoms with Crippen LogP contribution in [0.4, 0.5) is 23.9 Å². The van der Waals surface area contributed by atoms with Gasteiger partial charge in [0, 0.05) is 0 Å². The van der Waals surface area contributed by atoms with Crippen LogP contribution in [0.25, 0.3) is 0 Å². The number of nitrogens with one attached hydrogen (secondary N) is 2. The van der Waals surface area contributed by atoms with Gasteiger partial charge in [0.15, 0.2) is 0 Å². The van der Waals surface area contributed by atoms with E-state index >= 15 is 0 Å². The molecule has 34 heavy (non-hydrogen) atoms. The lowest BCUT2D eigenvalue weighted by Crippen LogP contribution is -2.16. The molecular formula is C23H18ClF3N2O4S. The largest absolute Gasteiger partial charge is 0.465 e. The number of anilines is 2. The first kappa shape index (κ1) is 25.3. The van der Waals surface area contributed by atoms with E-state index in [-0.39, 0.29) is 38.1 Å². The van der Waals surface area contributed by atoms with Crippen LogP contribution < -0.4 is 10.6 Å². The summed E-state index contributed by atoms with van der Waals surface area (Å²) in [4.78, 5) is 37.8. The summed E-state index contributed by atoms with van der Waals surface area (Å²) in [6.07, 6.45) is -4.60. The van der Waals surface area contributed by atoms with E-state index in [0.29, 0.717) is 6.07 Å². The summed E-state index contributed by atoms with van der Waals surface area (Å²) in [7, 11) is 1.15. The predicted octanol–water partition coefficient (Wildman–Crippen LogP) is 5.95. The Balaban J connectivity index is 1.90. The molecule has 3 aromatic rings. The molecule has 0 saturated heterocycles. The third-order valence-corrected chi connectivity index (χ3v) is 6.28. The minimum Gasteiger partial charge on any atom is -0.465 e. The van der Waals surface area contributed by atoms with Crippen molar-refractivity contribution >= 4 is 51.4 Å². The van der Waals surface area contributed by atoms with Gasteiger partial charge >= 0.3 is 12.1 Å². The number of carbonyl (C=O) groups excluding carboxylic acids is 3. The van der Waals surface area contributed by atoms with E-state index in [1.54, 1.807) is 30.3 Å². The predicted molar refractivity (Wildman–Crippen MR) is 124 cm³/mol. The van der Waals surface area contributed by atoms with Gasteiger partial charge in [-0.15, -0.1) is 11.3 Å². The van der Waals surface area contributed by atoms with Gasteiger partial charge in [0.2, 0.25) is 5.91 Å². The summed E-state index contributed by atoms with van der Waals surface area (Å²) in [6, 6.07) is 11.4. The summed E-state index contributed by atoms with van der Waals surface area (Å²) >= 11 is 6.76. The Bertz CT molecular complexity index is 1240. The Morgan fingerprint density at radius 2 is 1.74 bits per heavy atom. The maximum absolute atomic E-state index is 13.0. The quantitative estimate of drug-likeness (QED) is 0.401. The Labute approximate surface area is 201 Å². The number of alkyl halides is 3. The van der Waals surface area contributed by atoms with Crippen molar-refractivity contribution in [3.63, 3.8) is 0 Å². The maximum Gasteiger partial charge on any atom is 0.416 e. The molecule has 11 heteroatoms. The molecule has 2 aromatic carbocycles. The summed E-state index contributed by atoms with van der Waals surface area (Å²) in [5.41, 5.74) is -0.311. The zero-order chi connectivity index (χ0) is 25.0. The van der Waals surface area contributed by atoms with Crippen molar-refractivity contribution in [3.05, 3.63) is 80.7 Å². The van der Waals surface area contributed by atoms with E-state index in [1.165, 1.54) is 6.92 Å². The highest BCUT2D eigenvalue weighted by Crippen LogP contribution is 2.37. The molecule has 0 atom stereocenters. The molecule has 3 rings (SSSR count). The van der Waals surface area contributed by atoms with Gasteiger partial charge in [-0.3, -0.25) is 9.59 Å². The van der Waals surface area contributed by atoms with Gasteiger partial charge in [0.1, 0.15) is 5.00 Å². The van der Waals surface area contributed by atoms with E-state index in [0.717, 1.165) is 36.1 Å². The Hall–Kier alpha value is -3.37. The molecule has 0 radical (unpaired) electrons. The van der Waals surface area contributed by atoms with E-state index in [2.05, 4.69) is 10.6 Å². The van der Waals surface area contributed by atoms with Crippen LogP contribution in [0, 0.1) is 6.92 Å². The molecule has 1 heterocycles. The Morgan fingerprint density at radius 1 is 1.06 bits per heavy atom. The van der Waals surface area contributed by atoms with Crippen LogP contribution in [-0.2, 0) is 22.1 Å². The van der Waals surface area contributed by atoms with Crippen LogP contribution >= 0.6 is 22.9 Å². The number of halogens is 4. The van der Waals surface area contributed by atoms with Crippen LogP contribution in [0.15, 0.2) is 48.5 Å². The lowest BCUT2D eigenvalue weighted by molar-refractivity contribution is -0.137. The molecule has 178 valence electrons. The fourth-order valence-corrected chi connectivity index (χ4v) is 4.37. The number of carbonyl (C=O) groups is 3. The number of hydrogen-bond acceptors (Lipinski definition) is 5. The second kappa shape index (κ2) is 10.3. The van der Waals surface area contributed by atoms with Gasteiger partial charge in [-0.25, -0.2) is 4.79 Å². The van der Waals surface area contributed by atoms with Crippen LogP contribution in [0.3, 0.4) is 0 Å². The second-order valence-electron chi connectivity index (χ2n) is 7.11. The average Bonchev–Trinajstić information content (AvgIpc) is 3.10. The van der Waals surface area contributed by atoms with Gasteiger partial charge in [-0.2, -0.15) is 13.2 Å². The smallest absolute Gasteiger partial charge is 0.416 e. The van der Waals surface area contributed by atoms with Crippen molar-refractivity contribution in [1.82, 2.24) is 0 Å². The normalized spacial score (nSPS) is 11.1. The number of benzene rings is 2. The summed E-state index contributed by atoms with van der Waals surface area (Å²) in [5.74, 6) is -2.00. The number of rotatable bonds is 6. The van der Waals surface area contributed by atoms with Crippen molar-refractivity contribution in [3.8, 4) is 0 Å². The van der Waals surface area contributed by atoms with Crippen molar-refractivity contribution in [2.45, 2.75) is 19.5 Å². The first-order chi connectivity index (χ1) is 16.0. The monoisotopic (exact) mass is 510 g/mol. The third-order valence-electron chi connectivity index (χ3n) is 4.74. The number of ether oxygens (including phenoxy) is 1. The number of amides is 2. The molecule has 0 aliphatic heterocycles. The minimum atomic E-state index is -4.63. The minimum absolute atomic E-state index is 0.00360. The summed E-state index contributed by atoms with van der Waals surface area (Å²) in [6.45, 7) is 1.47. The number of methoxy groups -OCH3 is 1. The summed E-state index contributed by atoms with van der Waals surface area (Å²) < 4.78 is 43.9. The van der Waals surface area contributed by atoms with Gasteiger partial charge in [-0.05, 0) is 36.2 Å². The molecule has 0 saturated carbocycles. The van der Waals surface area contributed by atoms with E-state index in [4.69, 9.17) is 16.3 Å². The van der Waals surface area contributed by atoms with Crippen molar-refractivity contribution in [1.29, 1.82) is 0 Å². The zero-order valence-electron chi connectivity index (χ0n) is 17.9. The summed E-state index contributed by atoms with van der Waals surface area (Å²) in [5, 5.41) is 4.96. The van der Waals surface area contributed by atoms with Gasteiger partial charge in [0.05, 0.1) is 40.2 Å². The highest BCUT2D eigenvalue weighted by atomic mass is 35.5. The standard InChI is InChI=1S/C23H18ClF3N2O4S/c1-12-18(22(32)33-2)21(29-17(30)10-13-6-4-3-5-7-13)34-19(12)20(31)28-16-11-14(23(25,26)27)8-9-15(16)24/h3-9,11H,10H2,1-2H3,(H,28,31)(H,29,30). The SMILES string of the molecule is COC(=O)c1c(NC(=O)Cc2ccccc2)sc(C(=O)Nc2cc(C(F)(F)F)ccc2Cl)c1C. The van der Waals surface area contributed by atoms with E-state index in [1.807, 2.05) is 0 Å². The third kappa shape index (κ3) is 5.75. The average molecular weight is 511 g/mol. The zero-order valence-corrected chi connectivity index (χ0v) is 19.5. The molecule has 0 aliphatic carbocycles. The van der Waals surface area contributed by atoms with Gasteiger partial charge in [0.25, 0.3) is 5.91 Å². The van der Waals surface area contributed by atoms with Crippen molar-refractivity contribution in [2.75, 3.05) is 17.7 Å². The molecule has 0 bridgehead atoms. The number of thiophene rings is 1. The van der Waals surface area contributed by atoms with E-state index < -0.39 is 29.5 Å². The van der Waals surface area contributed by atoms with Crippen molar-refractivity contribution < 1.29 is 32.3 Å². The molecule has 6 nitrogen and oxygen atoms in total. The van der Waals surface area contributed by atoms with Gasteiger partial charge < -0.3 is 15.4 Å². The van der Waals surface area contributed by atoms with Crippen molar-refractivity contribution in [2.24, 2.45) is 0 Å². The van der Waals surface area contributed by atoms with Crippen LogP contribution in [0.5, 0.6) is 0 Å². The Kier molecular flexibility index (Phi) is 7.63. The highest BCUT2D eigenvalue weighted by molar-refractivity contribution is 7.19. The molecule has 0 spiro atoms. The van der Waals surface area contributed by atoms with Crippen LogP contribution in [0.2, 0.25) is 5.02 Å². The lowest BCUT2D eigenvalue weighted by atomic mass is 10.1. The molecule has 2 amide bonds. The molecule has 0 fully saturated rings. The van der Waals surface area contributed by atoms with Gasteiger partial charge in [-0.1, -0.05) is 41.9 Å². The van der Waals surface area contributed by atoms with E-state index in [9.17, 15) is 27.6 Å². The molecule has 0 aliphatic rings. The topological polar surface area (TPSA) is 84.5 Å². The first-order valence-electron chi connectivity index (χ1n) is 9.74. The molecular weight excluding hydrogens is 493 g/mol. The highest BCUT2D eigenvalue weighted by Gasteiger charge is 2.32.